The molecule has 1 atom stereocenters. The summed E-state index contributed by atoms with van der Waals surface area (Å²) in [6.07, 6.45) is 3.74. The van der Waals surface area contributed by atoms with Crippen molar-refractivity contribution in [2.45, 2.75) is 25.6 Å². The summed E-state index contributed by atoms with van der Waals surface area (Å²) >= 11 is 0. The number of rotatable bonds is 4. The molecule has 0 bridgehead atoms. The van der Waals surface area contributed by atoms with E-state index in [4.69, 9.17) is 4.74 Å². The van der Waals surface area contributed by atoms with Gasteiger partial charge >= 0.3 is 0 Å². The number of H-pyrrole nitrogens is 1. The minimum Gasteiger partial charge on any atom is -0.479 e. The van der Waals surface area contributed by atoms with Crippen LogP contribution in [-0.4, -0.2) is 25.9 Å². The fourth-order valence-corrected chi connectivity index (χ4v) is 1.60. The first kappa shape index (κ1) is 12.5. The summed E-state index contributed by atoms with van der Waals surface area (Å²) in [5.74, 6) is -0.0805. The summed E-state index contributed by atoms with van der Waals surface area (Å²) in [5, 5.41) is 16.5. The summed E-state index contributed by atoms with van der Waals surface area (Å²) in [6.45, 7) is 3.22. The minimum atomic E-state index is -1.14. The van der Waals surface area contributed by atoms with E-state index in [0.29, 0.717) is 11.3 Å². The van der Waals surface area contributed by atoms with Crippen molar-refractivity contribution in [3.63, 3.8) is 0 Å². The fourth-order valence-electron chi connectivity index (χ4n) is 1.60. The zero-order valence-corrected chi connectivity index (χ0v) is 10.1. The maximum absolute atomic E-state index is 12.8. The summed E-state index contributed by atoms with van der Waals surface area (Å²) in [7, 11) is 0. The largest absolute Gasteiger partial charge is 0.479 e. The number of hydrogen-bond acceptors (Lipinski definition) is 4. The van der Waals surface area contributed by atoms with Gasteiger partial charge in [-0.05, 0) is 26.0 Å². The first-order chi connectivity index (χ1) is 8.47. The Morgan fingerprint density at radius 2 is 2.17 bits per heavy atom. The lowest BCUT2D eigenvalue weighted by atomic mass is 9.96. The van der Waals surface area contributed by atoms with Crippen molar-refractivity contribution < 1.29 is 14.2 Å². The van der Waals surface area contributed by atoms with Gasteiger partial charge in [0.1, 0.15) is 5.60 Å². The number of aromatic amines is 1. The highest BCUT2D eigenvalue weighted by atomic mass is 19.1. The van der Waals surface area contributed by atoms with Crippen molar-refractivity contribution in [3.05, 3.63) is 42.2 Å². The molecule has 0 amide bonds. The minimum absolute atomic E-state index is 0.492. The van der Waals surface area contributed by atoms with Crippen LogP contribution in [0.4, 0.5) is 4.39 Å². The highest BCUT2D eigenvalue weighted by molar-refractivity contribution is 5.20. The van der Waals surface area contributed by atoms with Crippen molar-refractivity contribution in [3.8, 4) is 5.75 Å². The van der Waals surface area contributed by atoms with Gasteiger partial charge in [0.2, 0.25) is 5.95 Å². The highest BCUT2D eigenvalue weighted by Gasteiger charge is 2.31. The Kier molecular flexibility index (Phi) is 3.29. The molecule has 2 aromatic rings. The Balaban J connectivity index is 2.28. The Morgan fingerprint density at radius 1 is 1.39 bits per heavy atom. The zero-order chi connectivity index (χ0) is 13.2. The molecule has 2 heterocycles. The number of aromatic nitrogens is 3. The summed E-state index contributed by atoms with van der Waals surface area (Å²) in [5.41, 5.74) is -0.554. The third-order valence-corrected chi connectivity index (χ3v) is 2.42. The van der Waals surface area contributed by atoms with Gasteiger partial charge in [-0.1, -0.05) is 0 Å². The number of ether oxygens (including phenoxy) is 1. The summed E-state index contributed by atoms with van der Waals surface area (Å²) < 4.78 is 18.4. The third kappa shape index (κ3) is 2.84. The number of nitrogens with zero attached hydrogens (tertiary/aromatic N) is 2. The van der Waals surface area contributed by atoms with Gasteiger partial charge < -0.3 is 9.84 Å². The monoisotopic (exact) mass is 251 g/mol. The molecule has 0 aliphatic rings. The first-order valence-electron chi connectivity index (χ1n) is 5.46. The van der Waals surface area contributed by atoms with Gasteiger partial charge in [0.25, 0.3) is 0 Å². The van der Waals surface area contributed by atoms with Crippen LogP contribution in [0.25, 0.3) is 0 Å². The van der Waals surface area contributed by atoms with E-state index in [2.05, 4.69) is 15.2 Å². The molecule has 18 heavy (non-hydrogen) atoms. The van der Waals surface area contributed by atoms with E-state index in [9.17, 15) is 9.50 Å². The molecular formula is C12H14FN3O2. The van der Waals surface area contributed by atoms with Crippen LogP contribution in [0.5, 0.6) is 5.75 Å². The second-order valence-electron chi connectivity index (χ2n) is 4.50. The molecule has 0 saturated carbocycles. The molecule has 0 saturated heterocycles. The highest BCUT2D eigenvalue weighted by Crippen LogP contribution is 2.30. The SMILES string of the molecule is CC(C)(O)C(Oc1cn[nH]c1)c1ccc(F)nc1. The molecule has 0 aliphatic carbocycles. The van der Waals surface area contributed by atoms with Gasteiger partial charge in [-0.25, -0.2) is 4.98 Å². The van der Waals surface area contributed by atoms with E-state index in [0.717, 1.165) is 0 Å². The lowest BCUT2D eigenvalue weighted by Crippen LogP contribution is -2.33. The van der Waals surface area contributed by atoms with Crippen LogP contribution >= 0.6 is 0 Å². The van der Waals surface area contributed by atoms with Crippen molar-refractivity contribution in [2.75, 3.05) is 0 Å². The van der Waals surface area contributed by atoms with Crippen molar-refractivity contribution >= 4 is 0 Å². The van der Waals surface area contributed by atoms with Crippen LogP contribution in [0.2, 0.25) is 0 Å². The van der Waals surface area contributed by atoms with Gasteiger partial charge in [-0.3, -0.25) is 5.10 Å². The molecule has 0 spiro atoms. The average Bonchev–Trinajstić information content (AvgIpc) is 2.79. The molecular weight excluding hydrogens is 237 g/mol. The van der Waals surface area contributed by atoms with Crippen molar-refractivity contribution in [2.24, 2.45) is 0 Å². The van der Waals surface area contributed by atoms with Gasteiger partial charge in [0, 0.05) is 11.8 Å². The molecule has 2 aromatic heterocycles. The van der Waals surface area contributed by atoms with Crippen LogP contribution in [0.3, 0.4) is 0 Å². The van der Waals surface area contributed by atoms with Gasteiger partial charge in [-0.15, -0.1) is 0 Å². The first-order valence-corrected chi connectivity index (χ1v) is 5.46. The third-order valence-electron chi connectivity index (χ3n) is 2.42. The van der Waals surface area contributed by atoms with E-state index in [1.54, 1.807) is 20.0 Å². The molecule has 96 valence electrons. The van der Waals surface area contributed by atoms with Gasteiger partial charge in [0.05, 0.1) is 12.4 Å². The molecule has 6 heteroatoms. The van der Waals surface area contributed by atoms with E-state index >= 15 is 0 Å². The second kappa shape index (κ2) is 4.73. The van der Waals surface area contributed by atoms with E-state index in [-0.39, 0.29) is 0 Å². The number of halogens is 1. The van der Waals surface area contributed by atoms with Gasteiger partial charge in [-0.2, -0.15) is 9.49 Å². The fraction of sp³-hybridized carbons (Fsp3) is 0.333. The van der Waals surface area contributed by atoms with Crippen LogP contribution in [0.1, 0.15) is 25.5 Å². The second-order valence-corrected chi connectivity index (χ2v) is 4.50. The molecule has 0 fully saturated rings. The Hall–Kier alpha value is -1.95. The van der Waals surface area contributed by atoms with Gasteiger partial charge in [0.15, 0.2) is 11.9 Å². The van der Waals surface area contributed by atoms with Crippen molar-refractivity contribution in [1.29, 1.82) is 0 Å². The van der Waals surface area contributed by atoms with E-state index < -0.39 is 17.7 Å². The Labute approximate surface area is 104 Å². The standard InChI is InChI=1S/C12H14FN3O2/c1-12(2,17)11(18-9-6-15-16-7-9)8-3-4-10(13)14-5-8/h3-7,11,17H,1-2H3,(H,15,16). The van der Waals surface area contributed by atoms with Crippen LogP contribution in [0.15, 0.2) is 30.7 Å². The van der Waals surface area contributed by atoms with Crippen molar-refractivity contribution in [1.82, 2.24) is 15.2 Å². The predicted octanol–water partition coefficient (Wildman–Crippen LogP) is 1.83. The quantitative estimate of drug-likeness (QED) is 0.813. The average molecular weight is 251 g/mol. The zero-order valence-electron chi connectivity index (χ0n) is 10.1. The molecule has 0 radical (unpaired) electrons. The lowest BCUT2D eigenvalue weighted by molar-refractivity contribution is -0.0356. The molecule has 1 unspecified atom stereocenters. The molecule has 0 aromatic carbocycles. The lowest BCUT2D eigenvalue weighted by Gasteiger charge is -2.29. The van der Waals surface area contributed by atoms with E-state index in [1.165, 1.54) is 24.5 Å². The molecule has 5 nitrogen and oxygen atoms in total. The molecule has 2 rings (SSSR count). The summed E-state index contributed by atoms with van der Waals surface area (Å²) in [6, 6.07) is 2.76. The van der Waals surface area contributed by atoms with Crippen LogP contribution in [0, 0.1) is 5.95 Å². The number of nitrogens with one attached hydrogen (secondary N) is 1. The Morgan fingerprint density at radius 3 is 2.67 bits per heavy atom. The number of hydrogen-bond donors (Lipinski definition) is 2. The normalized spacial score (nSPS) is 13.3. The molecule has 2 N–H and O–H groups in total. The maximum Gasteiger partial charge on any atom is 0.212 e. The van der Waals surface area contributed by atoms with Crippen LogP contribution < -0.4 is 4.74 Å². The Bertz CT molecular complexity index is 491. The summed E-state index contributed by atoms with van der Waals surface area (Å²) in [4.78, 5) is 3.56. The van der Waals surface area contributed by atoms with Crippen LogP contribution in [-0.2, 0) is 0 Å². The molecule has 0 aliphatic heterocycles. The predicted molar refractivity (Wildman–Crippen MR) is 62.4 cm³/mol. The van der Waals surface area contributed by atoms with E-state index in [1.807, 2.05) is 0 Å². The topological polar surface area (TPSA) is 71.0 Å². The number of pyridine rings is 1. The smallest absolute Gasteiger partial charge is 0.212 e. The maximum atomic E-state index is 12.8. The number of aliphatic hydroxyl groups is 1.